The van der Waals surface area contributed by atoms with Crippen LogP contribution in [0.25, 0.3) is 0 Å². The van der Waals surface area contributed by atoms with Crippen LogP contribution in [0.4, 0.5) is 13.2 Å². The molecule has 3 rings (SSSR count). The van der Waals surface area contributed by atoms with Crippen LogP contribution in [-0.2, 0) is 25.5 Å². The first-order valence-corrected chi connectivity index (χ1v) is 12.1. The van der Waals surface area contributed by atoms with Crippen molar-refractivity contribution in [3.8, 4) is 6.07 Å². The summed E-state index contributed by atoms with van der Waals surface area (Å²) in [5.74, 6) is -1.38. The van der Waals surface area contributed by atoms with E-state index >= 15 is 0 Å². The summed E-state index contributed by atoms with van der Waals surface area (Å²) in [7, 11) is -4.40. The lowest BCUT2D eigenvalue weighted by Crippen LogP contribution is -2.43. The van der Waals surface area contributed by atoms with E-state index in [9.17, 15) is 31.6 Å². The molecule has 2 aliphatic rings. The Morgan fingerprint density at radius 2 is 1.97 bits per heavy atom. The van der Waals surface area contributed by atoms with Gasteiger partial charge in [0, 0.05) is 4.47 Å². The molecule has 170 valence electrons. The topological polar surface area (TPSA) is 96.3 Å². The number of hydrogen-bond acceptors (Lipinski definition) is 5. The maximum Gasteiger partial charge on any atom is 0.417 e. The van der Waals surface area contributed by atoms with Crippen molar-refractivity contribution < 1.29 is 31.1 Å². The van der Waals surface area contributed by atoms with E-state index in [0.29, 0.717) is 12.8 Å². The van der Waals surface area contributed by atoms with Gasteiger partial charge >= 0.3 is 6.18 Å². The first-order chi connectivity index (χ1) is 14.3. The van der Waals surface area contributed by atoms with Crippen molar-refractivity contribution in [2.75, 3.05) is 0 Å². The number of sulfone groups is 1. The van der Waals surface area contributed by atoms with Crippen molar-refractivity contribution in [3.05, 3.63) is 28.2 Å². The zero-order valence-corrected chi connectivity index (χ0v) is 19.3. The highest BCUT2D eigenvalue weighted by Gasteiger charge is 2.51. The fourth-order valence-electron chi connectivity index (χ4n) is 3.85. The van der Waals surface area contributed by atoms with Gasteiger partial charge in [0.25, 0.3) is 0 Å². The van der Waals surface area contributed by atoms with Gasteiger partial charge in [-0.15, -0.1) is 0 Å². The summed E-state index contributed by atoms with van der Waals surface area (Å²) >= 11 is 2.95. The first kappa shape index (κ1) is 24.0. The molecule has 0 saturated heterocycles. The Morgan fingerprint density at radius 3 is 2.48 bits per heavy atom. The van der Waals surface area contributed by atoms with Crippen LogP contribution in [0.15, 0.2) is 27.6 Å². The number of rotatable bonds is 6. The highest BCUT2D eigenvalue weighted by atomic mass is 79.9. The number of ether oxygens (including phenoxy) is 1. The molecule has 3 atom stereocenters. The van der Waals surface area contributed by atoms with Gasteiger partial charge in [-0.1, -0.05) is 15.9 Å². The number of nitrogens with one attached hydrogen (secondary N) is 1. The minimum atomic E-state index is -4.86. The minimum Gasteiger partial charge on any atom is -0.375 e. The van der Waals surface area contributed by atoms with Crippen LogP contribution >= 0.6 is 15.9 Å². The number of hydrogen-bond donors (Lipinski definition) is 1. The van der Waals surface area contributed by atoms with Crippen molar-refractivity contribution in [1.82, 2.24) is 5.32 Å². The number of halogens is 4. The summed E-state index contributed by atoms with van der Waals surface area (Å²) in [6, 6.07) is 4.95. The van der Waals surface area contributed by atoms with Crippen molar-refractivity contribution in [2.24, 2.45) is 5.92 Å². The average molecular weight is 523 g/mol. The zero-order valence-electron chi connectivity index (χ0n) is 16.9. The molecule has 2 saturated carbocycles. The van der Waals surface area contributed by atoms with E-state index in [1.807, 2.05) is 6.07 Å². The molecule has 0 heterocycles. The molecular weight excluding hydrogens is 501 g/mol. The Morgan fingerprint density at radius 1 is 1.32 bits per heavy atom. The maximum absolute atomic E-state index is 13.5. The van der Waals surface area contributed by atoms with Crippen LogP contribution in [-0.4, -0.2) is 37.3 Å². The predicted molar refractivity (Wildman–Crippen MR) is 109 cm³/mol. The summed E-state index contributed by atoms with van der Waals surface area (Å²) < 4.78 is 72.9. The van der Waals surface area contributed by atoms with E-state index in [2.05, 4.69) is 21.2 Å². The molecule has 0 aromatic heterocycles. The largest absolute Gasteiger partial charge is 0.417 e. The number of benzene rings is 1. The summed E-state index contributed by atoms with van der Waals surface area (Å²) in [6.45, 7) is 3.45. The lowest BCUT2D eigenvalue weighted by atomic mass is 10.0. The summed E-state index contributed by atoms with van der Waals surface area (Å²) in [5, 5.41) is 10.7. The number of nitriles is 1. The fourth-order valence-corrected chi connectivity index (χ4v) is 6.22. The maximum atomic E-state index is 13.5. The molecule has 1 amide bonds. The third-order valence-electron chi connectivity index (χ3n) is 5.56. The number of carbonyl (C=O) groups is 1. The summed E-state index contributed by atoms with van der Waals surface area (Å²) in [6.07, 6.45) is -5.22. The molecule has 1 aromatic rings. The van der Waals surface area contributed by atoms with Crippen molar-refractivity contribution in [1.29, 1.82) is 5.26 Å². The van der Waals surface area contributed by atoms with Gasteiger partial charge in [-0.05, 0) is 57.7 Å². The number of alkyl halides is 3. The van der Waals surface area contributed by atoms with E-state index < -0.39 is 55.2 Å². The second-order valence-corrected chi connectivity index (χ2v) is 11.4. The molecule has 0 radical (unpaired) electrons. The molecule has 0 aliphatic heterocycles. The molecule has 11 heteroatoms. The lowest BCUT2D eigenvalue weighted by molar-refractivity contribution is -0.140. The normalized spacial score (nSPS) is 25.3. The Hall–Kier alpha value is -1.64. The quantitative estimate of drug-likeness (QED) is 0.609. The van der Waals surface area contributed by atoms with E-state index in [4.69, 9.17) is 4.74 Å². The molecular formula is C20H22BrF3N2O4S. The average Bonchev–Trinajstić information content (AvgIpc) is 3.29. The molecule has 31 heavy (non-hydrogen) atoms. The predicted octanol–water partition coefficient (Wildman–Crippen LogP) is 3.99. The molecule has 6 nitrogen and oxygen atoms in total. The zero-order chi connectivity index (χ0) is 23.2. The Bertz CT molecular complexity index is 1020. The van der Waals surface area contributed by atoms with Crippen LogP contribution in [0, 0.1) is 17.2 Å². The Balaban J connectivity index is 1.92. The fraction of sp³-hybridized carbons (Fsp3) is 0.600. The van der Waals surface area contributed by atoms with Gasteiger partial charge in [0.15, 0.2) is 9.84 Å². The second-order valence-electron chi connectivity index (χ2n) is 8.29. The van der Waals surface area contributed by atoms with Gasteiger partial charge in [0.1, 0.15) is 5.54 Å². The van der Waals surface area contributed by atoms with Crippen molar-refractivity contribution in [3.63, 3.8) is 0 Å². The van der Waals surface area contributed by atoms with Gasteiger partial charge < -0.3 is 10.1 Å². The SMILES string of the molecule is CC(C)O[C@@H]1C[C@H](S(=O)(=O)c2ccc(Br)cc2C(F)(F)F)C[C@H]1C(=O)NC1(C#N)CC1. The molecule has 2 fully saturated rings. The molecule has 1 N–H and O–H groups in total. The highest BCUT2D eigenvalue weighted by molar-refractivity contribution is 9.10. The smallest absolute Gasteiger partial charge is 0.375 e. The second kappa shape index (κ2) is 8.37. The molecule has 2 aliphatic carbocycles. The summed E-state index contributed by atoms with van der Waals surface area (Å²) in [5.41, 5.74) is -2.19. The van der Waals surface area contributed by atoms with E-state index in [1.165, 1.54) is 6.07 Å². The van der Waals surface area contributed by atoms with Gasteiger partial charge in [-0.3, -0.25) is 4.79 Å². The summed E-state index contributed by atoms with van der Waals surface area (Å²) in [4.78, 5) is 12.0. The van der Waals surface area contributed by atoms with Crippen LogP contribution < -0.4 is 5.32 Å². The Kier molecular flexibility index (Phi) is 6.48. The third-order valence-corrected chi connectivity index (χ3v) is 8.29. The number of nitrogens with zero attached hydrogens (tertiary/aromatic N) is 1. The molecule has 0 bridgehead atoms. The minimum absolute atomic E-state index is 0.106. The molecule has 0 spiro atoms. The van der Waals surface area contributed by atoms with Crippen molar-refractivity contribution >= 4 is 31.7 Å². The van der Waals surface area contributed by atoms with E-state index in [1.54, 1.807) is 13.8 Å². The highest BCUT2D eigenvalue weighted by Crippen LogP contribution is 2.42. The lowest BCUT2D eigenvalue weighted by Gasteiger charge is -2.22. The monoisotopic (exact) mass is 522 g/mol. The van der Waals surface area contributed by atoms with Crippen LogP contribution in [0.1, 0.15) is 45.1 Å². The number of amides is 1. The van der Waals surface area contributed by atoms with Gasteiger partial charge in [0.2, 0.25) is 5.91 Å². The van der Waals surface area contributed by atoms with Gasteiger partial charge in [-0.25, -0.2) is 8.42 Å². The third kappa shape index (κ3) is 5.07. The standard InChI is InChI=1S/C20H22BrF3N2O4S/c1-11(2)30-16-9-13(8-14(16)18(27)26-19(10-25)5-6-19)31(28,29)17-4-3-12(21)7-15(17)20(22,23)24/h3-4,7,11,13-14,16H,5-6,8-9H2,1-2H3,(H,26,27)/t13-,14-,16-/m1/s1. The van der Waals surface area contributed by atoms with Crippen LogP contribution in [0.2, 0.25) is 0 Å². The first-order valence-electron chi connectivity index (χ1n) is 9.78. The van der Waals surface area contributed by atoms with E-state index in [0.717, 1.165) is 12.1 Å². The van der Waals surface area contributed by atoms with Gasteiger partial charge in [-0.2, -0.15) is 18.4 Å². The molecule has 1 aromatic carbocycles. The van der Waals surface area contributed by atoms with Crippen LogP contribution in [0.3, 0.4) is 0 Å². The van der Waals surface area contributed by atoms with E-state index in [-0.39, 0.29) is 23.4 Å². The number of carbonyl (C=O) groups excluding carboxylic acids is 1. The Labute approximate surface area is 187 Å². The van der Waals surface area contributed by atoms with Gasteiger partial charge in [0.05, 0.1) is 39.9 Å². The van der Waals surface area contributed by atoms with Crippen molar-refractivity contribution in [2.45, 2.75) is 73.6 Å². The molecule has 0 unspecified atom stereocenters. The van der Waals surface area contributed by atoms with Crippen LogP contribution in [0.5, 0.6) is 0 Å².